The van der Waals surface area contributed by atoms with Crippen molar-refractivity contribution in [3.63, 3.8) is 0 Å². The SMILES string of the molecule is COC(=O)/C=C/c1ccc(C)cc1OCC(F)(F)F. The standard InChI is InChI=1S/C13H13F3O3/c1-9-3-4-10(5-6-12(17)18-2)11(7-9)19-8-13(14,15)16/h3-7H,8H2,1-2H3/b6-5+. The predicted octanol–water partition coefficient (Wildman–Crippen LogP) is 3.12. The molecule has 1 aromatic rings. The summed E-state index contributed by atoms with van der Waals surface area (Å²) in [5.41, 5.74) is 1.13. The molecule has 0 saturated carbocycles. The topological polar surface area (TPSA) is 35.5 Å². The molecule has 1 aromatic carbocycles. The minimum atomic E-state index is -4.41. The molecule has 6 heteroatoms. The van der Waals surface area contributed by atoms with Gasteiger partial charge in [0.15, 0.2) is 6.61 Å². The number of ether oxygens (including phenoxy) is 2. The highest BCUT2D eigenvalue weighted by atomic mass is 19.4. The predicted molar refractivity (Wildman–Crippen MR) is 63.8 cm³/mol. The van der Waals surface area contributed by atoms with Crippen molar-refractivity contribution in [1.82, 2.24) is 0 Å². The molecule has 0 bridgehead atoms. The van der Waals surface area contributed by atoms with Crippen LogP contribution in [0.3, 0.4) is 0 Å². The number of halogens is 3. The lowest BCUT2D eigenvalue weighted by Gasteiger charge is -2.12. The maximum absolute atomic E-state index is 12.1. The highest BCUT2D eigenvalue weighted by molar-refractivity contribution is 5.87. The molecule has 0 unspecified atom stereocenters. The van der Waals surface area contributed by atoms with Gasteiger partial charge in [-0.2, -0.15) is 13.2 Å². The molecule has 0 fully saturated rings. The van der Waals surface area contributed by atoms with E-state index in [4.69, 9.17) is 4.74 Å². The second kappa shape index (κ2) is 6.26. The Morgan fingerprint density at radius 2 is 2.05 bits per heavy atom. The van der Waals surface area contributed by atoms with Crippen LogP contribution in [-0.4, -0.2) is 25.9 Å². The summed E-state index contributed by atoms with van der Waals surface area (Å²) in [6, 6.07) is 4.75. The Morgan fingerprint density at radius 1 is 1.37 bits per heavy atom. The van der Waals surface area contributed by atoms with Gasteiger partial charge in [-0.1, -0.05) is 12.1 Å². The van der Waals surface area contributed by atoms with Gasteiger partial charge >= 0.3 is 12.1 Å². The minimum Gasteiger partial charge on any atom is -0.483 e. The van der Waals surface area contributed by atoms with Crippen molar-refractivity contribution < 1.29 is 27.4 Å². The Balaban J connectivity index is 2.91. The van der Waals surface area contributed by atoms with Gasteiger partial charge in [-0.25, -0.2) is 4.79 Å². The van der Waals surface area contributed by atoms with E-state index >= 15 is 0 Å². The molecule has 0 radical (unpaired) electrons. The summed E-state index contributed by atoms with van der Waals surface area (Å²) in [5, 5.41) is 0. The van der Waals surface area contributed by atoms with Crippen LogP contribution in [-0.2, 0) is 9.53 Å². The molecule has 0 aliphatic rings. The van der Waals surface area contributed by atoms with Gasteiger partial charge in [0.05, 0.1) is 7.11 Å². The number of alkyl halides is 3. The van der Waals surface area contributed by atoms with Crippen LogP contribution in [0, 0.1) is 6.92 Å². The molecule has 0 aromatic heterocycles. The van der Waals surface area contributed by atoms with Crippen molar-refractivity contribution in [3.8, 4) is 5.75 Å². The third kappa shape index (κ3) is 5.46. The van der Waals surface area contributed by atoms with Gasteiger partial charge in [-0.3, -0.25) is 0 Å². The lowest BCUT2D eigenvalue weighted by atomic mass is 10.1. The van der Waals surface area contributed by atoms with Gasteiger partial charge in [-0.15, -0.1) is 0 Å². The number of rotatable bonds is 4. The number of carbonyl (C=O) groups excluding carboxylic acids is 1. The van der Waals surface area contributed by atoms with E-state index in [1.165, 1.54) is 19.3 Å². The molecule has 3 nitrogen and oxygen atoms in total. The van der Waals surface area contributed by atoms with E-state index in [1.807, 2.05) is 0 Å². The molecule has 0 N–H and O–H groups in total. The smallest absolute Gasteiger partial charge is 0.422 e. The summed E-state index contributed by atoms with van der Waals surface area (Å²) in [6.45, 7) is 0.351. The van der Waals surface area contributed by atoms with Crippen LogP contribution in [0.25, 0.3) is 6.08 Å². The Labute approximate surface area is 108 Å². The fraction of sp³-hybridized carbons (Fsp3) is 0.308. The molecule has 0 amide bonds. The van der Waals surface area contributed by atoms with E-state index in [9.17, 15) is 18.0 Å². The monoisotopic (exact) mass is 274 g/mol. The van der Waals surface area contributed by atoms with Crippen LogP contribution in [0.1, 0.15) is 11.1 Å². The highest BCUT2D eigenvalue weighted by Crippen LogP contribution is 2.24. The lowest BCUT2D eigenvalue weighted by molar-refractivity contribution is -0.153. The summed E-state index contributed by atoms with van der Waals surface area (Å²) in [7, 11) is 1.21. The summed E-state index contributed by atoms with van der Waals surface area (Å²) >= 11 is 0. The van der Waals surface area contributed by atoms with Crippen molar-refractivity contribution in [1.29, 1.82) is 0 Å². The van der Waals surface area contributed by atoms with Gasteiger partial charge < -0.3 is 9.47 Å². The third-order valence-electron chi connectivity index (χ3n) is 2.16. The maximum Gasteiger partial charge on any atom is 0.422 e. The van der Waals surface area contributed by atoms with Crippen molar-refractivity contribution in [2.24, 2.45) is 0 Å². The summed E-state index contributed by atoms with van der Waals surface area (Å²) in [4.78, 5) is 11.0. The zero-order valence-electron chi connectivity index (χ0n) is 10.5. The Bertz CT molecular complexity index is 479. The van der Waals surface area contributed by atoms with E-state index in [2.05, 4.69) is 4.74 Å². The van der Waals surface area contributed by atoms with E-state index in [0.717, 1.165) is 11.6 Å². The van der Waals surface area contributed by atoms with Crippen molar-refractivity contribution in [2.45, 2.75) is 13.1 Å². The molecule has 0 saturated heterocycles. The van der Waals surface area contributed by atoms with Crippen LogP contribution in [0.4, 0.5) is 13.2 Å². The van der Waals surface area contributed by atoms with Crippen LogP contribution >= 0.6 is 0 Å². The van der Waals surface area contributed by atoms with E-state index < -0.39 is 18.8 Å². The highest BCUT2D eigenvalue weighted by Gasteiger charge is 2.28. The van der Waals surface area contributed by atoms with Gasteiger partial charge in [0, 0.05) is 11.6 Å². The molecular formula is C13H13F3O3. The Kier molecular flexibility index (Phi) is 4.97. The molecule has 19 heavy (non-hydrogen) atoms. The number of carbonyl (C=O) groups is 1. The van der Waals surface area contributed by atoms with E-state index in [0.29, 0.717) is 5.56 Å². The minimum absolute atomic E-state index is 0.0671. The number of hydrogen-bond acceptors (Lipinski definition) is 3. The quantitative estimate of drug-likeness (QED) is 0.625. The van der Waals surface area contributed by atoms with Crippen molar-refractivity contribution in [3.05, 3.63) is 35.4 Å². The fourth-order valence-corrected chi connectivity index (χ4v) is 1.29. The largest absolute Gasteiger partial charge is 0.483 e. The number of hydrogen-bond donors (Lipinski definition) is 0. The van der Waals surface area contributed by atoms with Crippen LogP contribution in [0.2, 0.25) is 0 Å². The third-order valence-corrected chi connectivity index (χ3v) is 2.16. The molecule has 0 atom stereocenters. The zero-order chi connectivity index (χ0) is 14.5. The summed E-state index contributed by atoms with van der Waals surface area (Å²) in [5.74, 6) is -0.528. The lowest BCUT2D eigenvalue weighted by Crippen LogP contribution is -2.19. The Hall–Kier alpha value is -1.98. The first-order valence-electron chi connectivity index (χ1n) is 5.38. The number of benzene rings is 1. The molecule has 1 rings (SSSR count). The maximum atomic E-state index is 12.1. The number of methoxy groups -OCH3 is 1. The molecule has 0 aliphatic heterocycles. The normalized spacial score (nSPS) is 11.6. The summed E-state index contributed by atoms with van der Waals surface area (Å²) in [6.07, 6.45) is -1.95. The zero-order valence-corrected chi connectivity index (χ0v) is 10.5. The first-order chi connectivity index (χ1) is 8.81. The second-order valence-corrected chi connectivity index (χ2v) is 3.80. The van der Waals surface area contributed by atoms with Gasteiger partial charge in [0.2, 0.25) is 0 Å². The van der Waals surface area contributed by atoms with Crippen LogP contribution in [0.15, 0.2) is 24.3 Å². The first kappa shape index (κ1) is 15.1. The fourth-order valence-electron chi connectivity index (χ4n) is 1.29. The van der Waals surface area contributed by atoms with Gasteiger partial charge in [-0.05, 0) is 24.6 Å². The van der Waals surface area contributed by atoms with Crippen LogP contribution in [0.5, 0.6) is 5.75 Å². The van der Waals surface area contributed by atoms with E-state index in [1.54, 1.807) is 19.1 Å². The van der Waals surface area contributed by atoms with Crippen LogP contribution < -0.4 is 4.74 Å². The average molecular weight is 274 g/mol. The van der Waals surface area contributed by atoms with Crippen molar-refractivity contribution >= 4 is 12.0 Å². The molecule has 0 aliphatic carbocycles. The first-order valence-corrected chi connectivity index (χ1v) is 5.38. The molecule has 0 spiro atoms. The number of esters is 1. The van der Waals surface area contributed by atoms with Gasteiger partial charge in [0.1, 0.15) is 5.75 Å². The molecule has 0 heterocycles. The number of aryl methyl sites for hydroxylation is 1. The van der Waals surface area contributed by atoms with Crippen molar-refractivity contribution in [2.75, 3.05) is 13.7 Å². The molecule has 104 valence electrons. The second-order valence-electron chi connectivity index (χ2n) is 3.80. The molecular weight excluding hydrogens is 261 g/mol. The average Bonchev–Trinajstić information content (AvgIpc) is 2.33. The Morgan fingerprint density at radius 3 is 2.63 bits per heavy atom. The van der Waals surface area contributed by atoms with E-state index in [-0.39, 0.29) is 5.75 Å². The summed E-state index contributed by atoms with van der Waals surface area (Å²) < 4.78 is 45.5. The van der Waals surface area contributed by atoms with Gasteiger partial charge in [0.25, 0.3) is 0 Å².